The van der Waals surface area contributed by atoms with Crippen LogP contribution in [-0.4, -0.2) is 29.2 Å². The summed E-state index contributed by atoms with van der Waals surface area (Å²) in [5.74, 6) is 0. The van der Waals surface area contributed by atoms with E-state index in [0.717, 1.165) is 11.1 Å². The number of hydrogen-bond donors (Lipinski definition) is 1. The number of ether oxygens (including phenoxy) is 2. The van der Waals surface area contributed by atoms with Crippen molar-refractivity contribution < 1.29 is 19.4 Å². The Morgan fingerprint density at radius 3 is 1.92 bits per heavy atom. The van der Waals surface area contributed by atoms with Crippen molar-refractivity contribution >= 4 is 6.29 Å². The van der Waals surface area contributed by atoms with Crippen LogP contribution in [0.15, 0.2) is 60.7 Å². The fraction of sp³-hybridized carbons (Fsp3) is 0.350. The molecule has 0 saturated carbocycles. The fourth-order valence-corrected chi connectivity index (χ4v) is 2.51. The summed E-state index contributed by atoms with van der Waals surface area (Å²) in [7, 11) is 0. The lowest BCUT2D eigenvalue weighted by atomic mass is 9.93. The molecule has 0 bridgehead atoms. The van der Waals surface area contributed by atoms with Crippen LogP contribution in [0.5, 0.6) is 0 Å². The molecule has 0 spiro atoms. The Hall–Kier alpha value is -2.01. The molecule has 2 aromatic rings. The largest absolute Gasteiger partial charge is 0.390 e. The number of hydrogen-bond acceptors (Lipinski definition) is 4. The van der Waals surface area contributed by atoms with Gasteiger partial charge in [0.15, 0.2) is 11.9 Å². The Bertz CT molecular complexity index is 612. The Morgan fingerprint density at radius 1 is 0.958 bits per heavy atom. The molecule has 0 aromatic heterocycles. The average molecular weight is 328 g/mol. The van der Waals surface area contributed by atoms with Crippen molar-refractivity contribution in [2.75, 3.05) is 0 Å². The molecule has 0 heterocycles. The van der Waals surface area contributed by atoms with Gasteiger partial charge in [0.1, 0.15) is 0 Å². The Balaban J connectivity index is 2.06. The quantitative estimate of drug-likeness (QED) is 0.719. The third kappa shape index (κ3) is 4.51. The second-order valence-electron chi connectivity index (χ2n) is 5.86. The molecule has 24 heavy (non-hydrogen) atoms. The average Bonchev–Trinajstić information content (AvgIpc) is 2.62. The van der Waals surface area contributed by atoms with E-state index in [1.165, 1.54) is 0 Å². The molecule has 0 aliphatic carbocycles. The first-order valence-electron chi connectivity index (χ1n) is 8.06. The standard InChI is InChI=1S/C20H24O4/c1-16(22)20(15-21,24-14-19-11-7-4-8-12-19)17(2)23-13-18-9-5-3-6-10-18/h3-12,15-17,22H,13-14H2,1-2H3. The maximum atomic E-state index is 11.8. The van der Waals surface area contributed by atoms with Crippen molar-refractivity contribution in [3.63, 3.8) is 0 Å². The molecule has 0 aliphatic heterocycles. The highest BCUT2D eigenvalue weighted by molar-refractivity contribution is 5.65. The molecule has 0 radical (unpaired) electrons. The summed E-state index contributed by atoms with van der Waals surface area (Å²) in [4.78, 5) is 11.8. The number of aldehydes is 1. The van der Waals surface area contributed by atoms with Crippen LogP contribution in [-0.2, 0) is 27.5 Å². The normalized spacial score (nSPS) is 16.1. The summed E-state index contributed by atoms with van der Waals surface area (Å²) >= 11 is 0. The molecule has 128 valence electrons. The van der Waals surface area contributed by atoms with Gasteiger partial charge in [-0.1, -0.05) is 60.7 Å². The van der Waals surface area contributed by atoms with Crippen molar-refractivity contribution in [2.45, 2.75) is 44.9 Å². The third-order valence-electron chi connectivity index (χ3n) is 4.15. The summed E-state index contributed by atoms with van der Waals surface area (Å²) in [6.45, 7) is 3.86. The maximum absolute atomic E-state index is 11.8. The van der Waals surface area contributed by atoms with Crippen LogP contribution < -0.4 is 0 Å². The number of rotatable bonds is 9. The molecule has 2 aromatic carbocycles. The van der Waals surface area contributed by atoms with Crippen LogP contribution in [0.25, 0.3) is 0 Å². The lowest BCUT2D eigenvalue weighted by Gasteiger charge is -2.36. The predicted octanol–water partition coefficient (Wildman–Crippen LogP) is 3.13. The molecule has 0 saturated heterocycles. The molecular formula is C20H24O4. The summed E-state index contributed by atoms with van der Waals surface area (Å²) in [5.41, 5.74) is 0.516. The van der Waals surface area contributed by atoms with Gasteiger partial charge in [-0.15, -0.1) is 0 Å². The molecule has 4 heteroatoms. The molecule has 3 unspecified atom stereocenters. The van der Waals surface area contributed by atoms with Gasteiger partial charge in [0, 0.05) is 0 Å². The number of aliphatic hydroxyl groups is 1. The fourth-order valence-electron chi connectivity index (χ4n) is 2.51. The van der Waals surface area contributed by atoms with Gasteiger partial charge < -0.3 is 14.6 Å². The van der Waals surface area contributed by atoms with E-state index in [-0.39, 0.29) is 6.61 Å². The smallest absolute Gasteiger partial charge is 0.174 e. The first-order chi connectivity index (χ1) is 11.6. The lowest BCUT2D eigenvalue weighted by Crippen LogP contribution is -2.54. The highest BCUT2D eigenvalue weighted by Crippen LogP contribution is 2.24. The molecule has 1 N–H and O–H groups in total. The van der Waals surface area contributed by atoms with Gasteiger partial charge in [-0.25, -0.2) is 0 Å². The highest BCUT2D eigenvalue weighted by atomic mass is 16.6. The lowest BCUT2D eigenvalue weighted by molar-refractivity contribution is -0.190. The van der Waals surface area contributed by atoms with Crippen LogP contribution in [0.1, 0.15) is 25.0 Å². The van der Waals surface area contributed by atoms with E-state index in [9.17, 15) is 9.90 Å². The van der Waals surface area contributed by atoms with E-state index >= 15 is 0 Å². The van der Waals surface area contributed by atoms with Gasteiger partial charge in [-0.2, -0.15) is 0 Å². The van der Waals surface area contributed by atoms with Crippen LogP contribution >= 0.6 is 0 Å². The van der Waals surface area contributed by atoms with Crippen LogP contribution in [0.4, 0.5) is 0 Å². The zero-order chi connectivity index (χ0) is 17.4. The Morgan fingerprint density at radius 2 is 1.46 bits per heavy atom. The first-order valence-corrected chi connectivity index (χ1v) is 8.06. The minimum atomic E-state index is -1.41. The number of carbonyl (C=O) groups excluding carboxylic acids is 1. The summed E-state index contributed by atoms with van der Waals surface area (Å²) in [6.07, 6.45) is -0.945. The molecule has 0 fully saturated rings. The minimum absolute atomic E-state index is 0.226. The zero-order valence-electron chi connectivity index (χ0n) is 14.1. The molecule has 4 nitrogen and oxygen atoms in total. The van der Waals surface area contributed by atoms with E-state index in [2.05, 4.69) is 0 Å². The Kier molecular flexibility index (Phi) is 6.67. The summed E-state index contributed by atoms with van der Waals surface area (Å²) in [5, 5.41) is 10.2. The predicted molar refractivity (Wildman–Crippen MR) is 92.4 cm³/mol. The van der Waals surface area contributed by atoms with Gasteiger partial charge in [0.05, 0.1) is 25.4 Å². The van der Waals surface area contributed by atoms with Crippen molar-refractivity contribution in [3.05, 3.63) is 71.8 Å². The zero-order valence-corrected chi connectivity index (χ0v) is 14.1. The van der Waals surface area contributed by atoms with Crippen molar-refractivity contribution in [2.24, 2.45) is 0 Å². The Labute approximate surface area is 143 Å². The van der Waals surface area contributed by atoms with Crippen molar-refractivity contribution in [1.29, 1.82) is 0 Å². The molecule has 0 amide bonds. The second-order valence-corrected chi connectivity index (χ2v) is 5.86. The van der Waals surface area contributed by atoms with Crippen molar-refractivity contribution in [3.8, 4) is 0 Å². The van der Waals surface area contributed by atoms with E-state index in [1.54, 1.807) is 13.8 Å². The van der Waals surface area contributed by atoms with Gasteiger partial charge >= 0.3 is 0 Å². The van der Waals surface area contributed by atoms with Gasteiger partial charge in [-0.3, -0.25) is 4.79 Å². The second kappa shape index (κ2) is 8.73. The number of benzene rings is 2. The highest BCUT2D eigenvalue weighted by Gasteiger charge is 2.43. The monoisotopic (exact) mass is 328 g/mol. The van der Waals surface area contributed by atoms with Gasteiger partial charge in [0.25, 0.3) is 0 Å². The van der Waals surface area contributed by atoms with E-state index in [1.807, 2.05) is 60.7 Å². The minimum Gasteiger partial charge on any atom is -0.390 e. The van der Waals surface area contributed by atoms with E-state index in [4.69, 9.17) is 9.47 Å². The molecule has 0 aliphatic rings. The van der Waals surface area contributed by atoms with Crippen LogP contribution in [0.3, 0.4) is 0 Å². The number of carbonyl (C=O) groups is 1. The molecule has 2 rings (SSSR count). The van der Waals surface area contributed by atoms with Gasteiger partial charge in [0.2, 0.25) is 0 Å². The topological polar surface area (TPSA) is 55.8 Å². The van der Waals surface area contributed by atoms with Crippen LogP contribution in [0, 0.1) is 0 Å². The van der Waals surface area contributed by atoms with Gasteiger partial charge in [-0.05, 0) is 25.0 Å². The first kappa shape index (κ1) is 18.3. The maximum Gasteiger partial charge on any atom is 0.174 e. The van der Waals surface area contributed by atoms with E-state index in [0.29, 0.717) is 12.9 Å². The molecule has 3 atom stereocenters. The van der Waals surface area contributed by atoms with Crippen LogP contribution in [0.2, 0.25) is 0 Å². The third-order valence-corrected chi connectivity index (χ3v) is 4.15. The van der Waals surface area contributed by atoms with Crippen molar-refractivity contribution in [1.82, 2.24) is 0 Å². The SMILES string of the molecule is CC(O)C(C=O)(OCc1ccccc1)C(C)OCc1ccccc1. The summed E-state index contributed by atoms with van der Waals surface area (Å²) in [6, 6.07) is 19.2. The number of aliphatic hydroxyl groups excluding tert-OH is 1. The van der Waals surface area contributed by atoms with E-state index < -0.39 is 17.8 Å². The molecular weight excluding hydrogens is 304 g/mol. The summed E-state index contributed by atoms with van der Waals surface area (Å²) < 4.78 is 11.7.